The molecular formula is C9H17NO. The molecule has 1 atom stereocenters. The van der Waals surface area contributed by atoms with E-state index in [2.05, 4.69) is 5.32 Å². The Balaban J connectivity index is 1.51. The van der Waals surface area contributed by atoms with E-state index < -0.39 is 0 Å². The summed E-state index contributed by atoms with van der Waals surface area (Å²) in [5.74, 6) is 0.913. The minimum absolute atomic E-state index is 0.661. The molecule has 2 aliphatic rings. The van der Waals surface area contributed by atoms with Gasteiger partial charge in [-0.1, -0.05) is 0 Å². The monoisotopic (exact) mass is 155 g/mol. The normalized spacial score (nSPS) is 31.1. The molecule has 1 N–H and O–H groups in total. The predicted octanol–water partition coefficient (Wildman–Crippen LogP) is 1.16. The van der Waals surface area contributed by atoms with Crippen LogP contribution in [0.1, 0.15) is 25.7 Å². The summed E-state index contributed by atoms with van der Waals surface area (Å²) in [6.07, 6.45) is 5.44. The minimum Gasteiger partial charge on any atom is -0.380 e. The second-order valence-corrected chi connectivity index (χ2v) is 3.77. The smallest absolute Gasteiger partial charge is 0.0619 e. The third-order valence-corrected chi connectivity index (χ3v) is 2.53. The van der Waals surface area contributed by atoms with E-state index >= 15 is 0 Å². The van der Waals surface area contributed by atoms with Gasteiger partial charge in [0.05, 0.1) is 6.61 Å². The summed E-state index contributed by atoms with van der Waals surface area (Å²) in [6, 6.07) is 0.661. The van der Waals surface area contributed by atoms with Crippen LogP contribution < -0.4 is 5.32 Å². The maximum absolute atomic E-state index is 5.58. The van der Waals surface area contributed by atoms with Gasteiger partial charge in [0.1, 0.15) is 0 Å². The van der Waals surface area contributed by atoms with Crippen LogP contribution in [-0.2, 0) is 4.74 Å². The Morgan fingerprint density at radius 2 is 2.09 bits per heavy atom. The molecule has 1 aliphatic carbocycles. The fourth-order valence-electron chi connectivity index (χ4n) is 1.56. The summed E-state index contributed by atoms with van der Waals surface area (Å²) in [7, 11) is 0. The van der Waals surface area contributed by atoms with Crippen LogP contribution in [0.25, 0.3) is 0 Å². The van der Waals surface area contributed by atoms with Crippen LogP contribution in [0.3, 0.4) is 0 Å². The van der Waals surface area contributed by atoms with E-state index in [4.69, 9.17) is 4.74 Å². The highest BCUT2D eigenvalue weighted by Crippen LogP contribution is 2.28. The molecule has 1 heterocycles. The Hall–Kier alpha value is -0.0800. The number of hydrogen-bond acceptors (Lipinski definition) is 2. The van der Waals surface area contributed by atoms with E-state index in [0.29, 0.717) is 6.04 Å². The van der Waals surface area contributed by atoms with Gasteiger partial charge in [-0.2, -0.15) is 0 Å². The lowest BCUT2D eigenvalue weighted by atomic mass is 10.2. The average Bonchev–Trinajstić information content (AvgIpc) is 2.66. The van der Waals surface area contributed by atoms with Crippen molar-refractivity contribution in [2.75, 3.05) is 19.8 Å². The van der Waals surface area contributed by atoms with E-state index in [1.54, 1.807) is 0 Å². The molecule has 0 spiro atoms. The quantitative estimate of drug-likeness (QED) is 0.658. The molecule has 1 saturated heterocycles. The zero-order valence-electron chi connectivity index (χ0n) is 7.01. The van der Waals surface area contributed by atoms with Crippen LogP contribution in [-0.4, -0.2) is 25.8 Å². The van der Waals surface area contributed by atoms with Crippen molar-refractivity contribution in [3.05, 3.63) is 0 Å². The summed E-state index contributed by atoms with van der Waals surface area (Å²) in [5, 5.41) is 3.43. The van der Waals surface area contributed by atoms with Gasteiger partial charge in [0.25, 0.3) is 0 Å². The second-order valence-electron chi connectivity index (χ2n) is 3.77. The predicted molar refractivity (Wildman–Crippen MR) is 44.6 cm³/mol. The summed E-state index contributed by atoms with van der Waals surface area (Å²) >= 11 is 0. The van der Waals surface area contributed by atoms with Crippen molar-refractivity contribution in [2.24, 2.45) is 5.92 Å². The van der Waals surface area contributed by atoms with Crippen LogP contribution >= 0.6 is 0 Å². The summed E-state index contributed by atoms with van der Waals surface area (Å²) in [5.41, 5.74) is 0. The third kappa shape index (κ3) is 2.46. The number of rotatable bonds is 4. The van der Waals surface area contributed by atoms with Gasteiger partial charge in [-0.05, 0) is 38.1 Å². The molecule has 0 radical (unpaired) electrons. The van der Waals surface area contributed by atoms with Crippen molar-refractivity contribution in [1.29, 1.82) is 0 Å². The lowest BCUT2D eigenvalue weighted by Crippen LogP contribution is -2.27. The largest absolute Gasteiger partial charge is 0.380 e. The van der Waals surface area contributed by atoms with Gasteiger partial charge in [-0.3, -0.25) is 0 Å². The maximum Gasteiger partial charge on any atom is 0.0619 e. The fourth-order valence-corrected chi connectivity index (χ4v) is 1.56. The molecule has 1 saturated carbocycles. The Kier molecular flexibility index (Phi) is 2.44. The van der Waals surface area contributed by atoms with E-state index in [0.717, 1.165) is 19.1 Å². The van der Waals surface area contributed by atoms with Gasteiger partial charge in [0, 0.05) is 12.6 Å². The van der Waals surface area contributed by atoms with Crippen LogP contribution in [0.4, 0.5) is 0 Å². The Labute approximate surface area is 68.3 Å². The SMILES string of the molecule is C1CN[C@@H](COCC2CC2)C1. The van der Waals surface area contributed by atoms with Gasteiger partial charge in [-0.25, -0.2) is 0 Å². The Morgan fingerprint density at radius 3 is 2.73 bits per heavy atom. The highest BCUT2D eigenvalue weighted by Gasteiger charge is 2.22. The van der Waals surface area contributed by atoms with Crippen LogP contribution in [0, 0.1) is 5.92 Å². The molecule has 64 valence electrons. The van der Waals surface area contributed by atoms with E-state index in [1.165, 1.54) is 32.2 Å². The summed E-state index contributed by atoms with van der Waals surface area (Å²) in [4.78, 5) is 0. The molecule has 0 amide bonds. The number of ether oxygens (including phenoxy) is 1. The zero-order chi connectivity index (χ0) is 7.52. The lowest BCUT2D eigenvalue weighted by Gasteiger charge is -2.09. The van der Waals surface area contributed by atoms with Crippen LogP contribution in [0.5, 0.6) is 0 Å². The van der Waals surface area contributed by atoms with Gasteiger partial charge in [0.15, 0.2) is 0 Å². The number of hydrogen-bond donors (Lipinski definition) is 1. The summed E-state index contributed by atoms with van der Waals surface area (Å²) in [6.45, 7) is 3.14. The molecule has 2 fully saturated rings. The minimum atomic E-state index is 0.661. The fraction of sp³-hybridized carbons (Fsp3) is 1.00. The van der Waals surface area contributed by atoms with Crippen molar-refractivity contribution in [1.82, 2.24) is 5.32 Å². The highest BCUT2D eigenvalue weighted by atomic mass is 16.5. The molecule has 2 heteroatoms. The molecule has 0 aromatic rings. The molecule has 2 rings (SSSR count). The lowest BCUT2D eigenvalue weighted by molar-refractivity contribution is 0.107. The standard InChI is InChI=1S/C9H17NO/c1-2-9(10-5-1)7-11-6-8-3-4-8/h8-10H,1-7H2/t9-/m1/s1. The molecule has 0 aromatic carbocycles. The van der Waals surface area contributed by atoms with E-state index in [1.807, 2.05) is 0 Å². The Bertz CT molecular complexity index is 117. The topological polar surface area (TPSA) is 21.3 Å². The first-order chi connectivity index (χ1) is 5.45. The van der Waals surface area contributed by atoms with E-state index in [9.17, 15) is 0 Å². The van der Waals surface area contributed by atoms with Crippen molar-refractivity contribution in [2.45, 2.75) is 31.7 Å². The molecule has 1 aliphatic heterocycles. The molecule has 11 heavy (non-hydrogen) atoms. The second kappa shape index (κ2) is 3.55. The Morgan fingerprint density at radius 1 is 1.18 bits per heavy atom. The summed E-state index contributed by atoms with van der Waals surface area (Å²) < 4.78 is 5.58. The first-order valence-corrected chi connectivity index (χ1v) is 4.76. The van der Waals surface area contributed by atoms with Crippen molar-refractivity contribution >= 4 is 0 Å². The third-order valence-electron chi connectivity index (χ3n) is 2.53. The van der Waals surface area contributed by atoms with Crippen molar-refractivity contribution < 1.29 is 4.74 Å². The average molecular weight is 155 g/mol. The van der Waals surface area contributed by atoms with Gasteiger partial charge < -0.3 is 10.1 Å². The molecule has 0 unspecified atom stereocenters. The maximum atomic E-state index is 5.58. The van der Waals surface area contributed by atoms with E-state index in [-0.39, 0.29) is 0 Å². The van der Waals surface area contributed by atoms with Crippen LogP contribution in [0.2, 0.25) is 0 Å². The molecule has 0 bridgehead atoms. The first kappa shape index (κ1) is 7.56. The molecular weight excluding hydrogens is 138 g/mol. The first-order valence-electron chi connectivity index (χ1n) is 4.76. The van der Waals surface area contributed by atoms with Gasteiger partial charge in [-0.15, -0.1) is 0 Å². The van der Waals surface area contributed by atoms with Crippen molar-refractivity contribution in [3.8, 4) is 0 Å². The molecule has 0 aromatic heterocycles. The zero-order valence-corrected chi connectivity index (χ0v) is 7.01. The van der Waals surface area contributed by atoms with Gasteiger partial charge >= 0.3 is 0 Å². The number of nitrogens with one attached hydrogen (secondary N) is 1. The highest BCUT2D eigenvalue weighted by molar-refractivity contribution is 4.75. The van der Waals surface area contributed by atoms with Crippen LogP contribution in [0.15, 0.2) is 0 Å². The molecule has 2 nitrogen and oxygen atoms in total. The van der Waals surface area contributed by atoms with Gasteiger partial charge in [0.2, 0.25) is 0 Å². The van der Waals surface area contributed by atoms with Crippen molar-refractivity contribution in [3.63, 3.8) is 0 Å².